The van der Waals surface area contributed by atoms with Gasteiger partial charge in [-0.3, -0.25) is 4.79 Å². The van der Waals surface area contributed by atoms with Crippen molar-refractivity contribution in [3.63, 3.8) is 0 Å². The normalized spacial score (nSPS) is 10.7. The number of benzene rings is 1. The molecule has 2 heterocycles. The number of nitrogens with zero attached hydrogens (tertiary/aromatic N) is 2. The third-order valence-corrected chi connectivity index (χ3v) is 5.16. The molecule has 0 unspecified atom stereocenters. The fourth-order valence-corrected chi connectivity index (χ4v) is 3.84. The van der Waals surface area contributed by atoms with E-state index in [0.717, 1.165) is 27.2 Å². The topological polar surface area (TPSA) is 68.0 Å². The van der Waals surface area contributed by atoms with Gasteiger partial charge in [0.05, 0.1) is 11.3 Å². The smallest absolute Gasteiger partial charge is 0.258 e. The molecule has 1 amide bonds. The van der Waals surface area contributed by atoms with E-state index in [4.69, 9.17) is 4.52 Å². The maximum absolute atomic E-state index is 12.6. The van der Waals surface area contributed by atoms with Gasteiger partial charge in [-0.2, -0.15) is 0 Å². The maximum Gasteiger partial charge on any atom is 0.258 e. The van der Waals surface area contributed by atoms with Gasteiger partial charge in [0.15, 0.2) is 0 Å². The van der Waals surface area contributed by atoms with Gasteiger partial charge in [-0.05, 0) is 44.2 Å². The summed E-state index contributed by atoms with van der Waals surface area (Å²) in [7, 11) is 0. The fraction of sp³-hybridized carbons (Fsp3) is 0.167. The molecule has 0 bridgehead atoms. The van der Waals surface area contributed by atoms with Crippen LogP contribution < -0.4 is 5.32 Å². The quantitative estimate of drug-likeness (QED) is 0.591. The molecule has 3 rings (SSSR count). The lowest BCUT2D eigenvalue weighted by atomic mass is 10.2. The first-order valence-corrected chi connectivity index (χ1v) is 9.39. The molecule has 0 aliphatic carbocycles. The Hall–Kier alpha value is -2.12. The number of aryl methyl sites for hydroxylation is 2. The monoisotopic (exact) mass is 417 g/mol. The second-order valence-electron chi connectivity index (χ2n) is 5.41. The lowest BCUT2D eigenvalue weighted by Crippen LogP contribution is -2.13. The average molecular weight is 418 g/mol. The van der Waals surface area contributed by atoms with E-state index < -0.39 is 0 Å². The summed E-state index contributed by atoms with van der Waals surface area (Å²) >= 11 is 4.89. The number of hydrogen-bond acceptors (Lipinski definition) is 5. The van der Waals surface area contributed by atoms with E-state index in [-0.39, 0.29) is 5.91 Å². The Morgan fingerprint density at radius 2 is 2.12 bits per heavy atom. The van der Waals surface area contributed by atoms with Crippen molar-refractivity contribution >= 4 is 39.3 Å². The van der Waals surface area contributed by atoms with Crippen molar-refractivity contribution in [3.05, 3.63) is 69.6 Å². The van der Waals surface area contributed by atoms with E-state index in [0.29, 0.717) is 16.3 Å². The summed E-state index contributed by atoms with van der Waals surface area (Å²) in [5, 5.41) is 7.54. The molecule has 128 valence electrons. The number of rotatable bonds is 5. The highest BCUT2D eigenvalue weighted by Gasteiger charge is 2.15. The van der Waals surface area contributed by atoms with Crippen LogP contribution in [-0.4, -0.2) is 16.0 Å². The molecule has 0 fully saturated rings. The molecule has 0 saturated heterocycles. The molecule has 0 aliphatic rings. The standard InChI is InChI=1S/C18H16BrN3O2S/c1-11-16(12(2)24-22-11)10-25-18-15(7-4-8-20-18)17(23)21-14-6-3-5-13(19)9-14/h3-9H,10H2,1-2H3,(H,21,23). The summed E-state index contributed by atoms with van der Waals surface area (Å²) in [6, 6.07) is 11.0. The van der Waals surface area contributed by atoms with Gasteiger partial charge in [0.1, 0.15) is 10.8 Å². The number of aromatic nitrogens is 2. The molecule has 0 radical (unpaired) electrons. The third-order valence-electron chi connectivity index (χ3n) is 3.63. The molecule has 25 heavy (non-hydrogen) atoms. The Bertz CT molecular complexity index is 891. The number of hydrogen-bond donors (Lipinski definition) is 1. The molecule has 7 heteroatoms. The zero-order valence-corrected chi connectivity index (χ0v) is 16.1. The van der Waals surface area contributed by atoms with Gasteiger partial charge in [-0.1, -0.05) is 27.2 Å². The SMILES string of the molecule is Cc1noc(C)c1CSc1ncccc1C(=O)Nc1cccc(Br)c1. The number of pyridine rings is 1. The van der Waals surface area contributed by atoms with Crippen molar-refractivity contribution in [2.24, 2.45) is 0 Å². The summed E-state index contributed by atoms with van der Waals surface area (Å²) in [5.74, 6) is 1.25. The summed E-state index contributed by atoms with van der Waals surface area (Å²) in [5.41, 5.74) is 3.17. The van der Waals surface area contributed by atoms with E-state index in [1.807, 2.05) is 38.1 Å². The van der Waals surface area contributed by atoms with E-state index in [1.54, 1.807) is 18.3 Å². The summed E-state index contributed by atoms with van der Waals surface area (Å²) in [6.07, 6.45) is 1.69. The van der Waals surface area contributed by atoms with Crippen LogP contribution in [-0.2, 0) is 5.75 Å². The van der Waals surface area contributed by atoms with Crippen LogP contribution in [0.2, 0.25) is 0 Å². The molecule has 1 N–H and O–H groups in total. The molecule has 5 nitrogen and oxygen atoms in total. The highest BCUT2D eigenvalue weighted by Crippen LogP contribution is 2.27. The Morgan fingerprint density at radius 3 is 2.84 bits per heavy atom. The molecular weight excluding hydrogens is 402 g/mol. The highest BCUT2D eigenvalue weighted by molar-refractivity contribution is 9.10. The summed E-state index contributed by atoms with van der Waals surface area (Å²) < 4.78 is 6.09. The number of amides is 1. The van der Waals surface area contributed by atoms with Crippen LogP contribution in [0.25, 0.3) is 0 Å². The second kappa shape index (κ2) is 7.84. The van der Waals surface area contributed by atoms with Crippen LogP contribution in [0.4, 0.5) is 5.69 Å². The van der Waals surface area contributed by atoms with Crippen molar-refractivity contribution in [1.82, 2.24) is 10.1 Å². The van der Waals surface area contributed by atoms with Gasteiger partial charge in [-0.15, -0.1) is 11.8 Å². The van der Waals surface area contributed by atoms with E-state index in [2.05, 4.69) is 31.4 Å². The number of anilines is 1. The molecule has 0 saturated carbocycles. The van der Waals surface area contributed by atoms with Crippen LogP contribution in [0.3, 0.4) is 0 Å². The van der Waals surface area contributed by atoms with E-state index in [1.165, 1.54) is 11.8 Å². The van der Waals surface area contributed by atoms with Crippen molar-refractivity contribution in [2.75, 3.05) is 5.32 Å². The Labute approximate surface area is 158 Å². The van der Waals surface area contributed by atoms with Crippen LogP contribution in [0.15, 0.2) is 56.6 Å². The lowest BCUT2D eigenvalue weighted by Gasteiger charge is -2.09. The summed E-state index contributed by atoms with van der Waals surface area (Å²) in [6.45, 7) is 3.79. The number of nitrogens with one attached hydrogen (secondary N) is 1. The third kappa shape index (κ3) is 4.29. The zero-order valence-electron chi connectivity index (χ0n) is 13.7. The first-order valence-electron chi connectivity index (χ1n) is 7.61. The summed E-state index contributed by atoms with van der Waals surface area (Å²) in [4.78, 5) is 17.0. The first kappa shape index (κ1) is 17.7. The maximum atomic E-state index is 12.6. The average Bonchev–Trinajstić information content (AvgIpc) is 2.91. The van der Waals surface area contributed by atoms with Crippen LogP contribution in [0.1, 0.15) is 27.4 Å². The molecule has 2 aromatic heterocycles. The number of carbonyl (C=O) groups excluding carboxylic acids is 1. The van der Waals surface area contributed by atoms with Crippen LogP contribution >= 0.6 is 27.7 Å². The Kier molecular flexibility index (Phi) is 5.55. The van der Waals surface area contributed by atoms with Gasteiger partial charge >= 0.3 is 0 Å². The van der Waals surface area contributed by atoms with Crippen LogP contribution in [0.5, 0.6) is 0 Å². The molecule has 3 aromatic rings. The molecule has 0 aliphatic heterocycles. The molecule has 0 spiro atoms. The van der Waals surface area contributed by atoms with E-state index in [9.17, 15) is 4.79 Å². The van der Waals surface area contributed by atoms with Crippen molar-refractivity contribution in [2.45, 2.75) is 24.6 Å². The van der Waals surface area contributed by atoms with Crippen molar-refractivity contribution < 1.29 is 9.32 Å². The number of halogens is 1. The minimum absolute atomic E-state index is 0.188. The van der Waals surface area contributed by atoms with Crippen molar-refractivity contribution in [3.8, 4) is 0 Å². The first-order chi connectivity index (χ1) is 12.0. The van der Waals surface area contributed by atoms with Gasteiger partial charge in [0.25, 0.3) is 5.91 Å². The highest BCUT2D eigenvalue weighted by atomic mass is 79.9. The second-order valence-corrected chi connectivity index (χ2v) is 7.29. The fourth-order valence-electron chi connectivity index (χ4n) is 2.29. The molecular formula is C18H16BrN3O2S. The largest absolute Gasteiger partial charge is 0.361 e. The number of carbonyl (C=O) groups is 1. The molecule has 0 atom stereocenters. The zero-order chi connectivity index (χ0) is 17.8. The van der Waals surface area contributed by atoms with Gasteiger partial charge in [0.2, 0.25) is 0 Å². The van der Waals surface area contributed by atoms with Gasteiger partial charge < -0.3 is 9.84 Å². The predicted octanol–water partition coefficient (Wildman–Crippen LogP) is 4.99. The lowest BCUT2D eigenvalue weighted by molar-refractivity contribution is 0.102. The number of thioether (sulfide) groups is 1. The van der Waals surface area contributed by atoms with Gasteiger partial charge in [-0.25, -0.2) is 4.98 Å². The Balaban J connectivity index is 1.77. The van der Waals surface area contributed by atoms with Crippen LogP contribution in [0, 0.1) is 13.8 Å². The minimum Gasteiger partial charge on any atom is -0.361 e. The Morgan fingerprint density at radius 1 is 1.28 bits per heavy atom. The predicted molar refractivity (Wildman–Crippen MR) is 102 cm³/mol. The van der Waals surface area contributed by atoms with Crippen molar-refractivity contribution in [1.29, 1.82) is 0 Å². The molecule has 1 aromatic carbocycles. The van der Waals surface area contributed by atoms with E-state index >= 15 is 0 Å². The minimum atomic E-state index is -0.188. The van der Waals surface area contributed by atoms with Gasteiger partial charge in [0, 0.05) is 27.7 Å².